The molecule has 1 aliphatic rings. The van der Waals surface area contributed by atoms with Gasteiger partial charge in [0.1, 0.15) is 5.82 Å². The second-order valence-corrected chi connectivity index (χ2v) is 8.03. The molecule has 2 heterocycles. The molecule has 0 spiro atoms. The minimum Gasteiger partial charge on any atom is -0.369 e. The van der Waals surface area contributed by atoms with E-state index in [-0.39, 0.29) is 0 Å². The Bertz CT molecular complexity index is 772. The fourth-order valence-electron chi connectivity index (χ4n) is 2.89. The van der Waals surface area contributed by atoms with Gasteiger partial charge in [0.15, 0.2) is 0 Å². The third kappa shape index (κ3) is 3.91. The van der Waals surface area contributed by atoms with Crippen LogP contribution in [0.15, 0.2) is 47.6 Å². The third-order valence-corrected chi connectivity index (χ3v) is 6.19. The Morgan fingerprint density at radius 2 is 1.88 bits per heavy atom. The summed E-state index contributed by atoms with van der Waals surface area (Å²) in [5, 5.41) is 3.30. The van der Waals surface area contributed by atoms with Crippen molar-refractivity contribution in [2.45, 2.75) is 24.7 Å². The smallest absolute Gasteiger partial charge is 0.243 e. The molecule has 7 heteroatoms. The minimum atomic E-state index is -3.37. The molecule has 1 aliphatic heterocycles. The zero-order valence-corrected chi connectivity index (χ0v) is 14.5. The highest BCUT2D eigenvalue weighted by Crippen LogP contribution is 2.23. The quantitative estimate of drug-likeness (QED) is 0.899. The van der Waals surface area contributed by atoms with Gasteiger partial charge in [0.2, 0.25) is 10.0 Å². The molecular weight excluding hydrogens is 324 g/mol. The molecule has 0 radical (unpaired) electrons. The first-order valence-electron chi connectivity index (χ1n) is 8.13. The van der Waals surface area contributed by atoms with Crippen LogP contribution < -0.4 is 5.32 Å². The average Bonchev–Trinajstić information content (AvgIpc) is 2.61. The van der Waals surface area contributed by atoms with Crippen LogP contribution in [0.3, 0.4) is 0 Å². The van der Waals surface area contributed by atoms with E-state index < -0.39 is 10.0 Å². The zero-order valence-electron chi connectivity index (χ0n) is 13.7. The van der Waals surface area contributed by atoms with Crippen molar-refractivity contribution in [2.24, 2.45) is 5.92 Å². The molecule has 0 atom stereocenters. The van der Waals surface area contributed by atoms with E-state index in [2.05, 4.69) is 15.3 Å². The van der Waals surface area contributed by atoms with E-state index in [1.54, 1.807) is 41.0 Å². The fourth-order valence-corrected chi connectivity index (χ4v) is 4.38. The van der Waals surface area contributed by atoms with Crippen molar-refractivity contribution in [3.05, 3.63) is 48.4 Å². The monoisotopic (exact) mass is 346 g/mol. The molecule has 6 nitrogen and oxygen atoms in total. The predicted molar refractivity (Wildman–Crippen MR) is 93.2 cm³/mol. The number of nitrogens with zero attached hydrogens (tertiary/aromatic N) is 3. The van der Waals surface area contributed by atoms with Crippen LogP contribution in [0.2, 0.25) is 0 Å². The summed E-state index contributed by atoms with van der Waals surface area (Å²) in [5.74, 6) is 1.21. The fraction of sp³-hybridized carbons (Fsp3) is 0.412. The maximum Gasteiger partial charge on any atom is 0.243 e. The summed E-state index contributed by atoms with van der Waals surface area (Å²) in [6, 6.07) is 8.64. The van der Waals surface area contributed by atoms with Gasteiger partial charge in [0.25, 0.3) is 0 Å². The summed E-state index contributed by atoms with van der Waals surface area (Å²) in [4.78, 5) is 8.86. The number of rotatable bonds is 5. The van der Waals surface area contributed by atoms with Crippen molar-refractivity contribution in [2.75, 3.05) is 25.0 Å². The number of sulfonamides is 1. The number of aryl methyl sites for hydroxylation is 1. The number of piperidine rings is 1. The standard InChI is InChI=1S/C17H22N4O2S/c1-14-11-18-13-17(20-14)19-12-15-7-9-21(10-8-15)24(22,23)16-5-3-2-4-6-16/h2-6,11,13,15H,7-10,12H2,1H3,(H,19,20). The van der Waals surface area contributed by atoms with Crippen molar-refractivity contribution >= 4 is 15.8 Å². The topological polar surface area (TPSA) is 75.2 Å². The van der Waals surface area contributed by atoms with Gasteiger partial charge in [0.05, 0.1) is 16.8 Å². The lowest BCUT2D eigenvalue weighted by molar-refractivity contribution is 0.282. The van der Waals surface area contributed by atoms with Gasteiger partial charge in [-0.3, -0.25) is 4.98 Å². The van der Waals surface area contributed by atoms with Gasteiger partial charge in [-0.2, -0.15) is 4.31 Å². The molecular formula is C17H22N4O2S. The Hall–Kier alpha value is -1.99. The first-order valence-corrected chi connectivity index (χ1v) is 9.57. The van der Waals surface area contributed by atoms with Crippen LogP contribution >= 0.6 is 0 Å². The van der Waals surface area contributed by atoms with Gasteiger partial charge in [0, 0.05) is 25.8 Å². The van der Waals surface area contributed by atoms with Crippen LogP contribution in [0, 0.1) is 12.8 Å². The van der Waals surface area contributed by atoms with E-state index in [9.17, 15) is 8.42 Å². The van der Waals surface area contributed by atoms with Gasteiger partial charge in [-0.15, -0.1) is 0 Å². The van der Waals surface area contributed by atoms with Crippen molar-refractivity contribution in [1.29, 1.82) is 0 Å². The van der Waals surface area contributed by atoms with E-state index in [1.165, 1.54) is 0 Å². The molecule has 1 N–H and O–H groups in total. The molecule has 2 aromatic rings. The van der Waals surface area contributed by atoms with Crippen LogP contribution in [-0.2, 0) is 10.0 Å². The van der Waals surface area contributed by atoms with Gasteiger partial charge >= 0.3 is 0 Å². The van der Waals surface area contributed by atoms with Gasteiger partial charge in [-0.05, 0) is 37.8 Å². The molecule has 0 bridgehead atoms. The first-order chi connectivity index (χ1) is 11.6. The summed E-state index contributed by atoms with van der Waals surface area (Å²) in [6.45, 7) is 3.81. The zero-order chi connectivity index (χ0) is 17.0. The maximum atomic E-state index is 12.6. The molecule has 0 aliphatic carbocycles. The Kier molecular flexibility index (Phi) is 5.11. The number of aromatic nitrogens is 2. The Morgan fingerprint density at radius 1 is 1.17 bits per heavy atom. The van der Waals surface area contributed by atoms with Crippen LogP contribution in [0.25, 0.3) is 0 Å². The molecule has 3 rings (SSSR count). The Morgan fingerprint density at radius 3 is 2.54 bits per heavy atom. The lowest BCUT2D eigenvalue weighted by atomic mass is 9.98. The van der Waals surface area contributed by atoms with E-state index in [4.69, 9.17) is 0 Å². The summed E-state index contributed by atoms with van der Waals surface area (Å²) in [7, 11) is -3.37. The van der Waals surface area contributed by atoms with Gasteiger partial charge in [-0.25, -0.2) is 13.4 Å². The molecule has 128 valence electrons. The Balaban J connectivity index is 1.54. The lowest BCUT2D eigenvalue weighted by Crippen LogP contribution is -2.39. The van der Waals surface area contributed by atoms with Crippen LogP contribution in [0.1, 0.15) is 18.5 Å². The minimum absolute atomic E-state index is 0.372. The number of benzene rings is 1. The molecule has 24 heavy (non-hydrogen) atoms. The molecule has 1 aromatic carbocycles. The molecule has 0 amide bonds. The number of nitrogens with one attached hydrogen (secondary N) is 1. The molecule has 0 unspecified atom stereocenters. The maximum absolute atomic E-state index is 12.6. The molecule has 1 fully saturated rings. The summed E-state index contributed by atoms with van der Waals surface area (Å²) in [6.07, 6.45) is 5.12. The Labute approximate surface area is 143 Å². The third-order valence-electron chi connectivity index (χ3n) is 4.28. The lowest BCUT2D eigenvalue weighted by Gasteiger charge is -2.31. The van der Waals surface area contributed by atoms with Gasteiger partial charge < -0.3 is 5.32 Å². The van der Waals surface area contributed by atoms with Crippen LogP contribution in [0.4, 0.5) is 5.82 Å². The second-order valence-electron chi connectivity index (χ2n) is 6.09. The van der Waals surface area contributed by atoms with Crippen molar-refractivity contribution in [1.82, 2.24) is 14.3 Å². The summed E-state index contributed by atoms with van der Waals surface area (Å²) < 4.78 is 26.8. The number of anilines is 1. The normalized spacial score (nSPS) is 16.9. The van der Waals surface area contributed by atoms with Gasteiger partial charge in [-0.1, -0.05) is 18.2 Å². The van der Waals surface area contributed by atoms with E-state index in [1.807, 2.05) is 13.0 Å². The molecule has 0 saturated carbocycles. The van der Waals surface area contributed by atoms with Crippen molar-refractivity contribution in [3.63, 3.8) is 0 Å². The highest BCUT2D eigenvalue weighted by molar-refractivity contribution is 7.89. The first kappa shape index (κ1) is 16.9. The number of hydrogen-bond acceptors (Lipinski definition) is 5. The van der Waals surface area contributed by atoms with E-state index in [0.717, 1.165) is 30.9 Å². The summed E-state index contributed by atoms with van der Waals surface area (Å²) in [5.41, 5.74) is 0.878. The predicted octanol–water partition coefficient (Wildman–Crippen LogP) is 2.30. The SMILES string of the molecule is Cc1cncc(NCC2CCN(S(=O)(=O)c3ccccc3)CC2)n1. The molecule has 1 saturated heterocycles. The van der Waals surface area contributed by atoms with Crippen molar-refractivity contribution < 1.29 is 8.42 Å². The van der Waals surface area contributed by atoms with Crippen molar-refractivity contribution in [3.8, 4) is 0 Å². The van der Waals surface area contributed by atoms with Crippen LogP contribution in [-0.4, -0.2) is 42.3 Å². The highest BCUT2D eigenvalue weighted by atomic mass is 32.2. The molecule has 1 aromatic heterocycles. The van der Waals surface area contributed by atoms with Crippen LogP contribution in [0.5, 0.6) is 0 Å². The van der Waals surface area contributed by atoms with E-state index >= 15 is 0 Å². The largest absolute Gasteiger partial charge is 0.369 e. The second kappa shape index (κ2) is 7.27. The summed E-state index contributed by atoms with van der Waals surface area (Å²) >= 11 is 0. The highest BCUT2D eigenvalue weighted by Gasteiger charge is 2.29. The number of hydrogen-bond donors (Lipinski definition) is 1. The van der Waals surface area contributed by atoms with E-state index in [0.29, 0.717) is 23.9 Å². The average molecular weight is 346 g/mol.